The van der Waals surface area contributed by atoms with Gasteiger partial charge >= 0.3 is 0 Å². The molecule has 1 aliphatic carbocycles. The third kappa shape index (κ3) is 2.93. The summed E-state index contributed by atoms with van der Waals surface area (Å²) in [5.74, 6) is 0.276. The van der Waals surface area contributed by atoms with Crippen molar-refractivity contribution in [3.63, 3.8) is 0 Å². The molecule has 1 N–H and O–H groups in total. The largest absolute Gasteiger partial charge is 0.389 e. The van der Waals surface area contributed by atoms with Crippen LogP contribution in [0, 0.1) is 0 Å². The van der Waals surface area contributed by atoms with Gasteiger partial charge in [0.05, 0.1) is 21.1 Å². The van der Waals surface area contributed by atoms with Crippen molar-refractivity contribution in [3.8, 4) is 0 Å². The Morgan fingerprint density at radius 2 is 1.89 bits per heavy atom. The molecule has 0 spiro atoms. The van der Waals surface area contributed by atoms with Crippen LogP contribution in [0.3, 0.4) is 0 Å². The molecule has 1 fully saturated rings. The topological polar surface area (TPSA) is 49.7 Å². The highest BCUT2D eigenvalue weighted by Gasteiger charge is 2.35. The Labute approximate surface area is 109 Å². The Morgan fingerprint density at radius 1 is 1.28 bits per heavy atom. The molecule has 0 aromatic heterocycles. The SMILES string of the molecule is CCN=S(=O)(CC1(O)CCCC1)c1ccccc1. The lowest BCUT2D eigenvalue weighted by Crippen LogP contribution is -2.34. The van der Waals surface area contributed by atoms with Gasteiger partial charge < -0.3 is 5.11 Å². The zero-order valence-corrected chi connectivity index (χ0v) is 11.7. The Hall–Kier alpha value is -0.870. The third-order valence-corrected chi connectivity index (χ3v) is 6.06. The van der Waals surface area contributed by atoms with Crippen molar-refractivity contribution in [2.24, 2.45) is 4.36 Å². The van der Waals surface area contributed by atoms with Gasteiger partial charge in [-0.25, -0.2) is 8.57 Å². The molecule has 1 aromatic rings. The maximum Gasteiger partial charge on any atom is 0.0780 e. The molecule has 0 saturated heterocycles. The van der Waals surface area contributed by atoms with Crippen LogP contribution in [0.2, 0.25) is 0 Å². The molecule has 100 valence electrons. The van der Waals surface area contributed by atoms with Gasteiger partial charge in [-0.05, 0) is 31.9 Å². The number of nitrogens with zero attached hydrogens (tertiary/aromatic N) is 1. The lowest BCUT2D eigenvalue weighted by atomic mass is 10.1. The highest BCUT2D eigenvalue weighted by Crippen LogP contribution is 2.33. The number of aliphatic hydroxyl groups is 1. The molecule has 0 heterocycles. The fourth-order valence-electron chi connectivity index (χ4n) is 2.59. The molecule has 1 aromatic carbocycles. The van der Waals surface area contributed by atoms with Gasteiger partial charge in [-0.1, -0.05) is 31.0 Å². The molecule has 2 rings (SSSR count). The first-order valence-electron chi connectivity index (χ1n) is 6.56. The normalized spacial score (nSPS) is 21.4. The van der Waals surface area contributed by atoms with E-state index in [4.69, 9.17) is 0 Å². The fraction of sp³-hybridized carbons (Fsp3) is 0.571. The van der Waals surface area contributed by atoms with E-state index in [1.165, 1.54) is 0 Å². The maximum absolute atomic E-state index is 13.0. The Balaban J connectivity index is 2.34. The number of hydrogen-bond acceptors (Lipinski definition) is 3. The van der Waals surface area contributed by atoms with E-state index in [-0.39, 0.29) is 5.75 Å². The molecule has 1 aliphatic rings. The molecule has 3 nitrogen and oxygen atoms in total. The summed E-state index contributed by atoms with van der Waals surface area (Å²) < 4.78 is 17.3. The first-order valence-corrected chi connectivity index (χ1v) is 8.24. The molecule has 1 atom stereocenters. The Morgan fingerprint density at radius 3 is 2.44 bits per heavy atom. The van der Waals surface area contributed by atoms with Gasteiger partial charge in [0.15, 0.2) is 0 Å². The van der Waals surface area contributed by atoms with E-state index >= 15 is 0 Å². The van der Waals surface area contributed by atoms with Gasteiger partial charge in [0.1, 0.15) is 0 Å². The summed E-state index contributed by atoms with van der Waals surface area (Å²) in [6.45, 7) is 2.41. The molecular weight excluding hydrogens is 246 g/mol. The van der Waals surface area contributed by atoms with Gasteiger partial charge in [0.2, 0.25) is 0 Å². The van der Waals surface area contributed by atoms with Crippen LogP contribution in [0.1, 0.15) is 32.6 Å². The standard InChI is InChI=1S/C14H21NO2S/c1-2-15-18(17,13-8-4-3-5-9-13)12-14(16)10-6-7-11-14/h3-5,8-9,16H,2,6-7,10-12H2,1H3. The monoisotopic (exact) mass is 267 g/mol. The predicted molar refractivity (Wildman–Crippen MR) is 74.1 cm³/mol. The van der Waals surface area contributed by atoms with Crippen molar-refractivity contribution in [2.45, 2.75) is 43.1 Å². The quantitative estimate of drug-likeness (QED) is 0.912. The van der Waals surface area contributed by atoms with Crippen LogP contribution in [-0.4, -0.2) is 27.2 Å². The van der Waals surface area contributed by atoms with Crippen molar-refractivity contribution < 1.29 is 9.32 Å². The average molecular weight is 267 g/mol. The molecule has 4 heteroatoms. The molecule has 1 unspecified atom stereocenters. The molecule has 18 heavy (non-hydrogen) atoms. The second-order valence-electron chi connectivity index (χ2n) is 4.97. The van der Waals surface area contributed by atoms with Crippen LogP contribution >= 0.6 is 0 Å². The highest BCUT2D eigenvalue weighted by atomic mass is 32.2. The summed E-state index contributed by atoms with van der Waals surface area (Å²) in [6.07, 6.45) is 3.53. The Bertz CT molecular complexity index is 498. The van der Waals surface area contributed by atoms with E-state index in [2.05, 4.69) is 4.36 Å². The van der Waals surface area contributed by atoms with Crippen molar-refractivity contribution in [2.75, 3.05) is 12.3 Å². The molecule has 0 amide bonds. The van der Waals surface area contributed by atoms with Crippen molar-refractivity contribution >= 4 is 9.73 Å². The van der Waals surface area contributed by atoms with Crippen LogP contribution in [-0.2, 0) is 9.73 Å². The van der Waals surface area contributed by atoms with E-state index in [9.17, 15) is 9.32 Å². The summed E-state index contributed by atoms with van der Waals surface area (Å²) in [4.78, 5) is 0.743. The minimum atomic E-state index is -2.48. The Kier molecular flexibility index (Phi) is 4.07. The minimum absolute atomic E-state index is 0.276. The highest BCUT2D eigenvalue weighted by molar-refractivity contribution is 7.93. The minimum Gasteiger partial charge on any atom is -0.389 e. The van der Waals surface area contributed by atoms with Crippen LogP contribution in [0.15, 0.2) is 39.6 Å². The van der Waals surface area contributed by atoms with Crippen LogP contribution in [0.25, 0.3) is 0 Å². The summed E-state index contributed by atoms with van der Waals surface area (Å²) in [6, 6.07) is 9.34. The van der Waals surface area contributed by atoms with E-state index in [1.807, 2.05) is 37.3 Å². The van der Waals surface area contributed by atoms with Crippen molar-refractivity contribution in [3.05, 3.63) is 30.3 Å². The van der Waals surface area contributed by atoms with Gasteiger partial charge in [0.25, 0.3) is 0 Å². The summed E-state index contributed by atoms with van der Waals surface area (Å²) in [5.41, 5.74) is -0.786. The fourth-order valence-corrected chi connectivity index (χ4v) is 5.01. The van der Waals surface area contributed by atoms with Crippen molar-refractivity contribution in [1.82, 2.24) is 0 Å². The average Bonchev–Trinajstić information content (AvgIpc) is 2.77. The molecule has 1 saturated carbocycles. The van der Waals surface area contributed by atoms with Gasteiger partial charge in [0, 0.05) is 11.4 Å². The molecule has 0 radical (unpaired) electrons. The second-order valence-corrected chi connectivity index (χ2v) is 7.27. The van der Waals surface area contributed by atoms with Crippen LogP contribution < -0.4 is 0 Å². The summed E-state index contributed by atoms with van der Waals surface area (Å²) in [5, 5.41) is 10.5. The lowest BCUT2D eigenvalue weighted by Gasteiger charge is -2.24. The first kappa shape index (κ1) is 13.6. The van der Waals surface area contributed by atoms with Crippen molar-refractivity contribution in [1.29, 1.82) is 0 Å². The van der Waals surface area contributed by atoms with Crippen LogP contribution in [0.4, 0.5) is 0 Å². The zero-order valence-electron chi connectivity index (χ0n) is 10.8. The van der Waals surface area contributed by atoms with E-state index in [1.54, 1.807) is 0 Å². The molecule has 0 bridgehead atoms. The summed E-state index contributed by atoms with van der Waals surface area (Å²) >= 11 is 0. The van der Waals surface area contributed by atoms with Gasteiger partial charge in [-0.15, -0.1) is 0 Å². The summed E-state index contributed by atoms with van der Waals surface area (Å²) in [7, 11) is -2.48. The third-order valence-electron chi connectivity index (χ3n) is 3.45. The molecule has 0 aliphatic heterocycles. The van der Waals surface area contributed by atoms with E-state index in [0.29, 0.717) is 6.54 Å². The second kappa shape index (κ2) is 5.41. The van der Waals surface area contributed by atoms with Gasteiger partial charge in [-0.3, -0.25) is 0 Å². The number of rotatable bonds is 4. The predicted octanol–water partition coefficient (Wildman–Crippen LogP) is 2.84. The van der Waals surface area contributed by atoms with Gasteiger partial charge in [-0.2, -0.15) is 0 Å². The zero-order chi connectivity index (χ0) is 13.1. The number of hydrogen-bond donors (Lipinski definition) is 1. The molecular formula is C14H21NO2S. The smallest absolute Gasteiger partial charge is 0.0780 e. The van der Waals surface area contributed by atoms with E-state index in [0.717, 1.165) is 30.6 Å². The number of benzene rings is 1. The first-order chi connectivity index (χ1) is 8.58. The van der Waals surface area contributed by atoms with Crippen LogP contribution in [0.5, 0.6) is 0 Å². The maximum atomic E-state index is 13.0. The van der Waals surface area contributed by atoms with E-state index < -0.39 is 15.3 Å². The lowest BCUT2D eigenvalue weighted by molar-refractivity contribution is 0.0720.